The van der Waals surface area contributed by atoms with Crippen molar-refractivity contribution in [2.45, 2.75) is 140 Å². The van der Waals surface area contributed by atoms with Crippen LogP contribution in [-0.4, -0.2) is 72.3 Å². The van der Waals surface area contributed by atoms with E-state index in [4.69, 9.17) is 33.7 Å². The van der Waals surface area contributed by atoms with Crippen LogP contribution in [0.2, 0.25) is 0 Å². The molecule has 11 nitrogen and oxygen atoms in total. The van der Waals surface area contributed by atoms with Crippen LogP contribution in [0.25, 0.3) is 10.8 Å². The molecule has 4 aromatic rings. The van der Waals surface area contributed by atoms with E-state index in [0.29, 0.717) is 48.7 Å². The van der Waals surface area contributed by atoms with Crippen molar-refractivity contribution in [2.75, 3.05) is 33.7 Å². The highest BCUT2D eigenvalue weighted by atomic mass is 16.7. The minimum absolute atomic E-state index is 0.0219. The van der Waals surface area contributed by atoms with E-state index < -0.39 is 17.7 Å². The fourth-order valence-electron chi connectivity index (χ4n) is 11.5. The number of hydrogen-bond acceptors (Lipinski definition) is 10. The Morgan fingerprint density at radius 3 is 2.29 bits per heavy atom. The molecule has 2 aliphatic carbocycles. The molecule has 11 heteroatoms. The third-order valence-corrected chi connectivity index (χ3v) is 14.8. The number of carbonyl (C=O) groups excluding carboxylic acids is 1. The maximum Gasteiger partial charge on any atom is 0.239 e. The Balaban J connectivity index is 1.24. The number of fused-ring (bicyclic) bond motifs is 4. The van der Waals surface area contributed by atoms with E-state index in [1.807, 2.05) is 53.4 Å². The van der Waals surface area contributed by atoms with Crippen molar-refractivity contribution >= 4 is 22.4 Å². The van der Waals surface area contributed by atoms with Crippen molar-refractivity contribution in [1.29, 1.82) is 0 Å². The summed E-state index contributed by atoms with van der Waals surface area (Å²) < 4.78 is 33.0. The highest BCUT2D eigenvalue weighted by molar-refractivity contribution is 6.03. The molecule has 6 atom stereocenters. The number of aliphatic hydroxyl groups excluding tert-OH is 2. The van der Waals surface area contributed by atoms with Crippen LogP contribution >= 0.6 is 0 Å². The molecular formula is C58H74N2O9. The second kappa shape index (κ2) is 24.5. The van der Waals surface area contributed by atoms with Gasteiger partial charge in [-0.3, -0.25) is 4.79 Å². The maximum atomic E-state index is 15.3. The highest BCUT2D eigenvalue weighted by Crippen LogP contribution is 2.62. The van der Waals surface area contributed by atoms with Crippen LogP contribution in [0.5, 0.6) is 28.7 Å². The first-order chi connectivity index (χ1) is 33.9. The van der Waals surface area contributed by atoms with E-state index in [-0.39, 0.29) is 56.8 Å². The third-order valence-electron chi connectivity index (χ3n) is 14.8. The average Bonchev–Trinajstić information content (AvgIpc) is 3.84. The molecule has 69 heavy (non-hydrogen) atoms. The summed E-state index contributed by atoms with van der Waals surface area (Å²) in [6, 6.07) is 25.8. The van der Waals surface area contributed by atoms with Crippen molar-refractivity contribution in [3.63, 3.8) is 0 Å². The van der Waals surface area contributed by atoms with Gasteiger partial charge in [-0.2, -0.15) is 0 Å². The number of amides is 1. The van der Waals surface area contributed by atoms with Gasteiger partial charge in [-0.05, 0) is 108 Å². The Labute approximate surface area is 409 Å². The number of hydrogen-bond donors (Lipinski definition) is 2. The van der Waals surface area contributed by atoms with E-state index >= 15 is 4.79 Å². The SMILES string of the molecule is C=CCO[C@@]12Oc3ccc(Oc4ccc5ccccc5c4)cc3[C@H]3[C@H](CCCCO)[C@@H](CCCCO)C=C(C(=NOC)C[C@@H]1N(Cc1ccc4c(c1)OCO4)C(=O)CCCCCCCCCCC)[C@H]32. The summed E-state index contributed by atoms with van der Waals surface area (Å²) in [5.74, 6) is 1.66. The number of nitrogens with zero attached hydrogens (tertiary/aromatic N) is 2. The average molecular weight is 943 g/mol. The lowest BCUT2D eigenvalue weighted by atomic mass is 9.55. The molecule has 0 unspecified atom stereocenters. The normalized spacial score (nSPS) is 22.6. The molecule has 8 rings (SSSR count). The van der Waals surface area contributed by atoms with Gasteiger partial charge in [0.15, 0.2) is 11.5 Å². The van der Waals surface area contributed by atoms with Crippen molar-refractivity contribution < 1.29 is 43.5 Å². The van der Waals surface area contributed by atoms with Crippen LogP contribution in [0.1, 0.15) is 133 Å². The minimum Gasteiger partial charge on any atom is -0.459 e. The second-order valence-corrected chi connectivity index (χ2v) is 19.4. The maximum absolute atomic E-state index is 15.3. The lowest BCUT2D eigenvalue weighted by molar-refractivity contribution is -0.258. The van der Waals surface area contributed by atoms with Gasteiger partial charge in [0.2, 0.25) is 18.5 Å². The molecular weight excluding hydrogens is 869 g/mol. The minimum atomic E-state index is -1.37. The zero-order valence-corrected chi connectivity index (χ0v) is 41.0. The zero-order chi connectivity index (χ0) is 48.0. The van der Waals surface area contributed by atoms with E-state index in [9.17, 15) is 10.2 Å². The van der Waals surface area contributed by atoms with Gasteiger partial charge < -0.3 is 43.6 Å². The van der Waals surface area contributed by atoms with Gasteiger partial charge in [-0.25, -0.2) is 0 Å². The molecule has 1 amide bonds. The van der Waals surface area contributed by atoms with Crippen molar-refractivity contribution in [1.82, 2.24) is 4.90 Å². The fraction of sp³-hybridized carbons (Fsp3) is 0.517. The van der Waals surface area contributed by atoms with Gasteiger partial charge in [-0.1, -0.05) is 125 Å². The number of carbonyl (C=O) groups is 1. The van der Waals surface area contributed by atoms with Gasteiger partial charge in [0.1, 0.15) is 30.4 Å². The molecule has 2 heterocycles. The molecule has 4 aliphatic rings. The zero-order valence-electron chi connectivity index (χ0n) is 41.0. The summed E-state index contributed by atoms with van der Waals surface area (Å²) in [5, 5.41) is 27.1. The van der Waals surface area contributed by atoms with Crippen LogP contribution < -0.4 is 18.9 Å². The Morgan fingerprint density at radius 1 is 0.812 bits per heavy atom. The summed E-state index contributed by atoms with van der Waals surface area (Å²) in [6.07, 6.45) is 19.9. The molecule has 1 fully saturated rings. The Hall–Kier alpha value is -5.36. The largest absolute Gasteiger partial charge is 0.459 e. The number of aliphatic hydroxyl groups is 2. The smallest absolute Gasteiger partial charge is 0.239 e. The van der Waals surface area contributed by atoms with E-state index in [1.165, 1.54) is 38.5 Å². The first-order valence-electron chi connectivity index (χ1n) is 25.9. The van der Waals surface area contributed by atoms with Gasteiger partial charge in [-0.15, -0.1) is 6.58 Å². The molecule has 1 saturated carbocycles. The molecule has 0 aromatic heterocycles. The van der Waals surface area contributed by atoms with Crippen molar-refractivity contribution in [3.05, 3.63) is 114 Å². The summed E-state index contributed by atoms with van der Waals surface area (Å²) >= 11 is 0. The van der Waals surface area contributed by atoms with Gasteiger partial charge in [0, 0.05) is 44.1 Å². The molecule has 370 valence electrons. The molecule has 0 spiro atoms. The molecule has 2 N–H and O–H groups in total. The molecule has 0 saturated heterocycles. The van der Waals surface area contributed by atoms with Crippen LogP contribution in [0.15, 0.2) is 108 Å². The topological polar surface area (TPSA) is 129 Å². The molecule has 0 bridgehead atoms. The number of unbranched alkanes of at least 4 members (excludes halogenated alkanes) is 10. The lowest BCUT2D eigenvalue weighted by Gasteiger charge is -2.60. The first kappa shape index (κ1) is 50.0. The quantitative estimate of drug-likeness (QED) is 0.0341. The molecule has 4 aromatic carbocycles. The summed E-state index contributed by atoms with van der Waals surface area (Å²) in [7, 11) is 1.58. The number of allylic oxidation sites excluding steroid dienone is 1. The van der Waals surface area contributed by atoms with Crippen molar-refractivity contribution in [3.8, 4) is 28.7 Å². The first-order valence-corrected chi connectivity index (χ1v) is 25.9. The Morgan fingerprint density at radius 2 is 1.52 bits per heavy atom. The van der Waals surface area contributed by atoms with Crippen LogP contribution in [-0.2, 0) is 20.9 Å². The predicted molar refractivity (Wildman–Crippen MR) is 271 cm³/mol. The standard InChI is InChI=1S/C58H74N2O9/c1-4-6-7-8-9-10-11-12-13-24-55(63)60(39-41-25-29-52-53(34-41)66-40-65-52)54-38-50(59-64-3)48-36-44(22-16-18-31-61)47(23-17-19-32-62)56-49-37-46(68-45-27-26-42-20-14-15-21-43(42)35-45)28-30-51(49)69-58(54,57(48)56)67-33-5-2/h5,14-15,20-21,25-30,34-37,44,47,54,56-57,61-62H,2,4,6-13,16-19,22-24,31-33,38-40H2,1,3H3/t44-,47+,54-,56+,57+,58+/m0/s1. The van der Waals surface area contributed by atoms with Crippen LogP contribution in [0.3, 0.4) is 0 Å². The number of benzene rings is 4. The number of rotatable bonds is 27. The van der Waals surface area contributed by atoms with Gasteiger partial charge >= 0.3 is 0 Å². The second-order valence-electron chi connectivity index (χ2n) is 19.4. The van der Waals surface area contributed by atoms with E-state index in [1.54, 1.807) is 13.2 Å². The lowest BCUT2D eigenvalue weighted by Crippen LogP contribution is -2.70. The highest BCUT2D eigenvalue weighted by Gasteiger charge is 2.65. The van der Waals surface area contributed by atoms with E-state index in [2.05, 4.69) is 49.9 Å². The van der Waals surface area contributed by atoms with Gasteiger partial charge in [0.25, 0.3) is 0 Å². The monoisotopic (exact) mass is 943 g/mol. The number of ether oxygens (including phenoxy) is 5. The molecule has 2 aliphatic heterocycles. The Bertz CT molecular complexity index is 2400. The van der Waals surface area contributed by atoms with Crippen LogP contribution in [0.4, 0.5) is 0 Å². The van der Waals surface area contributed by atoms with Gasteiger partial charge in [0.05, 0.1) is 18.2 Å². The summed E-state index contributed by atoms with van der Waals surface area (Å²) in [6.45, 7) is 7.21. The summed E-state index contributed by atoms with van der Waals surface area (Å²) in [5.41, 5.74) is 3.67. The number of oxime groups is 1. The predicted octanol–water partition coefficient (Wildman–Crippen LogP) is 12.6. The summed E-state index contributed by atoms with van der Waals surface area (Å²) in [4.78, 5) is 23.0. The Kier molecular flexibility index (Phi) is 17.7. The van der Waals surface area contributed by atoms with Crippen molar-refractivity contribution in [2.24, 2.45) is 22.9 Å². The molecule has 0 radical (unpaired) electrons. The third kappa shape index (κ3) is 11.6. The fourth-order valence-corrected chi connectivity index (χ4v) is 11.5. The van der Waals surface area contributed by atoms with Crippen LogP contribution in [0, 0.1) is 17.8 Å². The van der Waals surface area contributed by atoms with E-state index in [0.717, 1.165) is 83.9 Å².